The molecular formula is C23H22N2OS. The van der Waals surface area contributed by atoms with Gasteiger partial charge in [0, 0.05) is 40.7 Å². The average molecular weight is 375 g/mol. The fraction of sp³-hybridized carbons (Fsp3) is 0.261. The summed E-state index contributed by atoms with van der Waals surface area (Å²) in [4.78, 5) is 8.40. The molecule has 1 saturated heterocycles. The number of nitrogens with zero attached hydrogens (tertiary/aromatic N) is 2. The number of hydrogen-bond donors (Lipinski definition) is 1. The van der Waals surface area contributed by atoms with Crippen molar-refractivity contribution in [2.45, 2.75) is 18.9 Å². The van der Waals surface area contributed by atoms with Gasteiger partial charge >= 0.3 is 0 Å². The van der Waals surface area contributed by atoms with Crippen LogP contribution in [0.15, 0.2) is 60.1 Å². The standard InChI is InChI=1S/C23H22N2OS/c26-12-4-5-18-13-22(27-17-18)16-25-11-9-21(15-25)20-8-10-24-23(14-20)19-6-2-1-3-7-19/h1-3,6-8,10,13-14,17,21,26H,9,11-12,15-16H2/t21-/m0/s1. The molecule has 3 nitrogen and oxygen atoms in total. The highest BCUT2D eigenvalue weighted by atomic mass is 32.1. The molecule has 0 saturated carbocycles. The van der Waals surface area contributed by atoms with Gasteiger partial charge < -0.3 is 5.11 Å². The third-order valence-corrected chi connectivity index (χ3v) is 5.86. The van der Waals surface area contributed by atoms with E-state index >= 15 is 0 Å². The van der Waals surface area contributed by atoms with Crippen LogP contribution in [0.5, 0.6) is 0 Å². The van der Waals surface area contributed by atoms with E-state index in [1.807, 2.05) is 12.3 Å². The summed E-state index contributed by atoms with van der Waals surface area (Å²) in [7, 11) is 0. The van der Waals surface area contributed by atoms with Crippen LogP contribution < -0.4 is 0 Å². The van der Waals surface area contributed by atoms with Gasteiger partial charge in [-0.2, -0.15) is 0 Å². The fourth-order valence-electron chi connectivity index (χ4n) is 3.61. The third-order valence-electron chi connectivity index (χ3n) is 4.94. The molecule has 0 unspecified atom stereocenters. The minimum atomic E-state index is -0.0874. The van der Waals surface area contributed by atoms with Crippen molar-refractivity contribution < 1.29 is 5.11 Å². The van der Waals surface area contributed by atoms with Gasteiger partial charge in [0.05, 0.1) is 5.69 Å². The molecule has 4 rings (SSSR count). The molecule has 0 spiro atoms. The Balaban J connectivity index is 1.42. The second kappa shape index (κ2) is 8.49. The Morgan fingerprint density at radius 1 is 1.19 bits per heavy atom. The molecule has 27 heavy (non-hydrogen) atoms. The van der Waals surface area contributed by atoms with Crippen LogP contribution >= 0.6 is 11.3 Å². The van der Waals surface area contributed by atoms with Gasteiger partial charge in [-0.3, -0.25) is 9.88 Å². The summed E-state index contributed by atoms with van der Waals surface area (Å²) in [5.41, 5.74) is 4.61. The lowest BCUT2D eigenvalue weighted by Gasteiger charge is -2.15. The number of thiophene rings is 1. The van der Waals surface area contributed by atoms with Crippen molar-refractivity contribution in [2.75, 3.05) is 19.7 Å². The van der Waals surface area contributed by atoms with Crippen molar-refractivity contribution >= 4 is 11.3 Å². The summed E-state index contributed by atoms with van der Waals surface area (Å²) < 4.78 is 0. The first-order valence-electron chi connectivity index (χ1n) is 9.22. The van der Waals surface area contributed by atoms with E-state index in [4.69, 9.17) is 5.11 Å². The number of aliphatic hydroxyl groups is 1. The van der Waals surface area contributed by atoms with Crippen molar-refractivity contribution in [3.8, 4) is 23.1 Å². The normalized spacial score (nSPS) is 16.9. The van der Waals surface area contributed by atoms with Gasteiger partial charge in [-0.15, -0.1) is 11.3 Å². The van der Waals surface area contributed by atoms with Gasteiger partial charge in [-0.25, -0.2) is 0 Å². The maximum atomic E-state index is 8.81. The molecule has 1 N–H and O–H groups in total. The number of rotatable bonds is 4. The van der Waals surface area contributed by atoms with Crippen LogP contribution in [0, 0.1) is 11.8 Å². The van der Waals surface area contributed by atoms with E-state index in [1.165, 1.54) is 22.4 Å². The zero-order valence-electron chi connectivity index (χ0n) is 15.1. The lowest BCUT2D eigenvalue weighted by atomic mass is 9.97. The van der Waals surface area contributed by atoms with Crippen LogP contribution in [0.2, 0.25) is 0 Å². The molecule has 0 aliphatic carbocycles. The molecule has 1 atom stereocenters. The largest absolute Gasteiger partial charge is 0.384 e. The van der Waals surface area contributed by atoms with Crippen LogP contribution in [0.1, 0.15) is 28.3 Å². The molecule has 4 heteroatoms. The van der Waals surface area contributed by atoms with Crippen LogP contribution in [0.3, 0.4) is 0 Å². The summed E-state index contributed by atoms with van der Waals surface area (Å²) in [6, 6.07) is 16.9. The Morgan fingerprint density at radius 2 is 2.07 bits per heavy atom. The molecule has 0 bridgehead atoms. The number of likely N-dealkylation sites (tertiary alicyclic amines) is 1. The molecule has 2 aromatic heterocycles. The predicted molar refractivity (Wildman–Crippen MR) is 111 cm³/mol. The molecule has 0 radical (unpaired) electrons. The predicted octanol–water partition coefficient (Wildman–Crippen LogP) is 4.14. The average Bonchev–Trinajstić information content (AvgIpc) is 3.37. The summed E-state index contributed by atoms with van der Waals surface area (Å²) in [5.74, 6) is 6.25. The summed E-state index contributed by atoms with van der Waals surface area (Å²) in [6.07, 6.45) is 3.12. The van der Waals surface area contributed by atoms with Gasteiger partial charge in [0.1, 0.15) is 6.61 Å². The molecule has 1 aromatic carbocycles. The van der Waals surface area contributed by atoms with E-state index in [1.54, 1.807) is 11.3 Å². The quantitative estimate of drug-likeness (QED) is 0.697. The second-order valence-electron chi connectivity index (χ2n) is 6.82. The van der Waals surface area contributed by atoms with E-state index in [9.17, 15) is 0 Å². The number of pyridine rings is 1. The minimum absolute atomic E-state index is 0.0874. The monoisotopic (exact) mass is 374 g/mol. The second-order valence-corrected chi connectivity index (χ2v) is 7.82. The highest BCUT2D eigenvalue weighted by molar-refractivity contribution is 7.10. The van der Waals surface area contributed by atoms with E-state index in [2.05, 4.69) is 69.6 Å². The number of hydrogen-bond acceptors (Lipinski definition) is 4. The van der Waals surface area contributed by atoms with Crippen molar-refractivity contribution in [3.63, 3.8) is 0 Å². The number of benzene rings is 1. The van der Waals surface area contributed by atoms with Crippen molar-refractivity contribution in [3.05, 3.63) is 76.1 Å². The smallest absolute Gasteiger partial charge is 0.104 e. The van der Waals surface area contributed by atoms with E-state index in [0.29, 0.717) is 5.92 Å². The topological polar surface area (TPSA) is 36.4 Å². The molecular weight excluding hydrogens is 352 g/mol. The Morgan fingerprint density at radius 3 is 2.93 bits per heavy atom. The first-order valence-corrected chi connectivity index (χ1v) is 10.1. The van der Waals surface area contributed by atoms with Crippen LogP contribution in [0.4, 0.5) is 0 Å². The molecule has 0 amide bonds. The van der Waals surface area contributed by atoms with Gasteiger partial charge in [0.2, 0.25) is 0 Å². The number of aromatic nitrogens is 1. The van der Waals surface area contributed by atoms with Crippen molar-refractivity contribution in [1.82, 2.24) is 9.88 Å². The zero-order chi connectivity index (χ0) is 18.5. The van der Waals surface area contributed by atoms with Crippen molar-refractivity contribution in [2.24, 2.45) is 0 Å². The van der Waals surface area contributed by atoms with Gasteiger partial charge in [-0.05, 0) is 42.6 Å². The van der Waals surface area contributed by atoms with Crippen LogP contribution in [-0.4, -0.2) is 34.7 Å². The maximum absolute atomic E-state index is 8.81. The van der Waals surface area contributed by atoms with Gasteiger partial charge in [0.15, 0.2) is 0 Å². The zero-order valence-corrected chi connectivity index (χ0v) is 16.0. The maximum Gasteiger partial charge on any atom is 0.104 e. The Labute approximate surface area is 164 Å². The molecule has 3 heterocycles. The Kier molecular flexibility index (Phi) is 5.64. The van der Waals surface area contributed by atoms with Gasteiger partial charge in [0.25, 0.3) is 0 Å². The highest BCUT2D eigenvalue weighted by Crippen LogP contribution is 2.30. The Hall–Kier alpha value is -2.45. The fourth-order valence-corrected chi connectivity index (χ4v) is 4.46. The SMILES string of the molecule is OCC#Cc1csc(CN2CC[C@H](c3ccnc(-c4ccccc4)c3)C2)c1. The number of aliphatic hydroxyl groups excluding tert-OH is 1. The molecule has 3 aromatic rings. The lowest BCUT2D eigenvalue weighted by Crippen LogP contribution is -2.19. The Bertz CT molecular complexity index is 955. The molecule has 136 valence electrons. The summed E-state index contributed by atoms with van der Waals surface area (Å²) in [6.45, 7) is 3.07. The minimum Gasteiger partial charge on any atom is -0.384 e. The third kappa shape index (κ3) is 4.45. The first-order chi connectivity index (χ1) is 13.3. The van der Waals surface area contributed by atoms with Gasteiger partial charge in [-0.1, -0.05) is 42.2 Å². The summed E-state index contributed by atoms with van der Waals surface area (Å²) in [5, 5.41) is 10.9. The first kappa shape index (κ1) is 17.9. The van der Waals surface area contributed by atoms with E-state index in [0.717, 1.165) is 30.9 Å². The van der Waals surface area contributed by atoms with E-state index < -0.39 is 0 Å². The lowest BCUT2D eigenvalue weighted by molar-refractivity contribution is 0.330. The van der Waals surface area contributed by atoms with E-state index in [-0.39, 0.29) is 6.61 Å². The summed E-state index contributed by atoms with van der Waals surface area (Å²) >= 11 is 1.75. The molecule has 1 aliphatic heterocycles. The highest BCUT2D eigenvalue weighted by Gasteiger charge is 2.24. The molecule has 1 aliphatic rings. The van der Waals surface area contributed by atoms with Crippen molar-refractivity contribution in [1.29, 1.82) is 0 Å². The van der Waals surface area contributed by atoms with Crippen LogP contribution in [0.25, 0.3) is 11.3 Å². The van der Waals surface area contributed by atoms with Crippen LogP contribution in [-0.2, 0) is 6.54 Å². The molecule has 1 fully saturated rings.